The van der Waals surface area contributed by atoms with Gasteiger partial charge in [0.15, 0.2) is 5.96 Å². The predicted molar refractivity (Wildman–Crippen MR) is 146 cm³/mol. The van der Waals surface area contributed by atoms with Crippen LogP contribution in [0.3, 0.4) is 0 Å². The highest BCUT2D eigenvalue weighted by atomic mass is 16.4. The summed E-state index contributed by atoms with van der Waals surface area (Å²) in [6, 6.07) is 4.97. The Hall–Kier alpha value is -3.67. The van der Waals surface area contributed by atoms with E-state index in [0.29, 0.717) is 12.8 Å². The van der Waals surface area contributed by atoms with E-state index in [1.54, 1.807) is 38.1 Å². The largest absolute Gasteiger partial charge is 0.480 e. The summed E-state index contributed by atoms with van der Waals surface area (Å²) in [7, 11) is 0. The maximum atomic E-state index is 13.3. The molecule has 10 N–H and O–H groups in total. The van der Waals surface area contributed by atoms with Gasteiger partial charge in [-0.1, -0.05) is 64.4 Å². The lowest BCUT2D eigenvalue weighted by atomic mass is 9.97. The van der Waals surface area contributed by atoms with Crippen molar-refractivity contribution in [1.29, 1.82) is 0 Å². The first-order valence-electron chi connectivity index (χ1n) is 12.9. The van der Waals surface area contributed by atoms with Gasteiger partial charge in [-0.2, -0.15) is 0 Å². The van der Waals surface area contributed by atoms with Crippen LogP contribution in [0.2, 0.25) is 0 Å². The molecule has 1 aromatic carbocycles. The molecule has 12 nitrogen and oxygen atoms in total. The molecule has 0 aliphatic rings. The first-order valence-corrected chi connectivity index (χ1v) is 12.9. The molecule has 0 fully saturated rings. The van der Waals surface area contributed by atoms with E-state index in [0.717, 1.165) is 5.56 Å². The molecule has 12 heteroatoms. The summed E-state index contributed by atoms with van der Waals surface area (Å²) >= 11 is 0. The van der Waals surface area contributed by atoms with Crippen LogP contribution in [0.15, 0.2) is 35.3 Å². The van der Waals surface area contributed by atoms with Crippen LogP contribution in [0.1, 0.15) is 52.5 Å². The molecule has 0 aliphatic heterocycles. The molecule has 1 rings (SSSR count). The standard InChI is InChI=1S/C26H43N7O5/c1-5-16(4)20(27)23(35)33-21(15(2)3)24(36)32-19(14-17-10-7-6-8-11-17)22(34)31-18(25(37)38)12-9-13-30-26(28)29/h6-8,10-11,15-16,18-21H,5,9,12-14,27H2,1-4H3,(H,31,34)(H,32,36)(H,33,35)(H,37,38)(H4,28,29,30). The van der Waals surface area contributed by atoms with Gasteiger partial charge in [-0.15, -0.1) is 0 Å². The number of carboxylic acids is 1. The van der Waals surface area contributed by atoms with Gasteiger partial charge in [0.05, 0.1) is 6.04 Å². The molecule has 212 valence electrons. The third-order valence-corrected chi connectivity index (χ3v) is 6.28. The SMILES string of the molecule is CCC(C)C(N)C(=O)NC(C(=O)NC(Cc1ccccc1)C(=O)NC(CCCN=C(N)N)C(=O)O)C(C)C. The van der Waals surface area contributed by atoms with Gasteiger partial charge < -0.3 is 38.3 Å². The second-order valence-corrected chi connectivity index (χ2v) is 9.74. The van der Waals surface area contributed by atoms with E-state index in [1.165, 1.54) is 0 Å². The van der Waals surface area contributed by atoms with Crippen molar-refractivity contribution in [2.75, 3.05) is 6.54 Å². The van der Waals surface area contributed by atoms with E-state index in [9.17, 15) is 24.3 Å². The Morgan fingerprint density at radius 2 is 1.53 bits per heavy atom. The molecule has 0 aliphatic carbocycles. The zero-order valence-electron chi connectivity index (χ0n) is 22.6. The summed E-state index contributed by atoms with van der Waals surface area (Å²) in [5, 5.41) is 17.5. The lowest BCUT2D eigenvalue weighted by molar-refractivity contribution is -0.142. The Balaban J connectivity index is 3.07. The number of rotatable bonds is 16. The van der Waals surface area contributed by atoms with Gasteiger partial charge in [-0.3, -0.25) is 19.4 Å². The third kappa shape index (κ3) is 11.2. The molecule has 5 atom stereocenters. The summed E-state index contributed by atoms with van der Waals surface area (Å²) in [6.45, 7) is 7.51. The number of nitrogens with two attached hydrogens (primary N) is 3. The maximum absolute atomic E-state index is 13.3. The fraction of sp³-hybridized carbons (Fsp3) is 0.577. The quantitative estimate of drug-likeness (QED) is 0.0859. The van der Waals surface area contributed by atoms with Gasteiger partial charge in [0.1, 0.15) is 18.1 Å². The average molecular weight is 534 g/mol. The van der Waals surface area contributed by atoms with E-state index in [4.69, 9.17) is 17.2 Å². The fourth-order valence-corrected chi connectivity index (χ4v) is 3.65. The van der Waals surface area contributed by atoms with Gasteiger partial charge in [0.25, 0.3) is 0 Å². The van der Waals surface area contributed by atoms with Crippen LogP contribution < -0.4 is 33.2 Å². The number of guanidine groups is 1. The van der Waals surface area contributed by atoms with Crippen molar-refractivity contribution in [2.24, 2.45) is 34.0 Å². The topological polar surface area (TPSA) is 215 Å². The van der Waals surface area contributed by atoms with Gasteiger partial charge in [-0.05, 0) is 30.2 Å². The summed E-state index contributed by atoms with van der Waals surface area (Å²) < 4.78 is 0. The van der Waals surface area contributed by atoms with Crippen molar-refractivity contribution in [1.82, 2.24) is 16.0 Å². The second-order valence-electron chi connectivity index (χ2n) is 9.74. The molecule has 5 unspecified atom stereocenters. The van der Waals surface area contributed by atoms with Crippen molar-refractivity contribution >= 4 is 29.7 Å². The molecular formula is C26H43N7O5. The summed E-state index contributed by atoms with van der Waals surface area (Å²) in [4.78, 5) is 54.8. The first kappa shape index (κ1) is 32.4. The molecule has 0 radical (unpaired) electrons. The average Bonchev–Trinajstić information content (AvgIpc) is 2.87. The Morgan fingerprint density at radius 3 is 2.05 bits per heavy atom. The second kappa shape index (κ2) is 16.2. The molecule has 38 heavy (non-hydrogen) atoms. The number of carbonyl (C=O) groups excluding carboxylic acids is 3. The number of nitrogens with one attached hydrogen (secondary N) is 3. The molecule has 0 spiro atoms. The molecular weight excluding hydrogens is 490 g/mol. The van der Waals surface area contributed by atoms with Crippen LogP contribution >= 0.6 is 0 Å². The smallest absolute Gasteiger partial charge is 0.326 e. The molecule has 0 saturated carbocycles. The highest BCUT2D eigenvalue weighted by Crippen LogP contribution is 2.10. The van der Waals surface area contributed by atoms with E-state index in [1.807, 2.05) is 19.9 Å². The predicted octanol–water partition coefficient (Wildman–Crippen LogP) is -0.149. The van der Waals surface area contributed by atoms with Crippen molar-refractivity contribution < 1.29 is 24.3 Å². The summed E-state index contributed by atoms with van der Waals surface area (Å²) in [5.41, 5.74) is 17.4. The maximum Gasteiger partial charge on any atom is 0.326 e. The number of aliphatic imine (C=N–C) groups is 1. The lowest BCUT2D eigenvalue weighted by Crippen LogP contribution is -2.59. The number of carbonyl (C=O) groups is 4. The minimum Gasteiger partial charge on any atom is -0.480 e. The third-order valence-electron chi connectivity index (χ3n) is 6.28. The molecule has 0 bridgehead atoms. The number of amides is 3. The van der Waals surface area contributed by atoms with Gasteiger partial charge in [0, 0.05) is 13.0 Å². The normalized spacial score (nSPS) is 14.9. The first-order chi connectivity index (χ1) is 17.9. The van der Waals surface area contributed by atoms with Crippen LogP contribution in [0.25, 0.3) is 0 Å². The number of hydrogen-bond donors (Lipinski definition) is 7. The zero-order valence-corrected chi connectivity index (χ0v) is 22.6. The fourth-order valence-electron chi connectivity index (χ4n) is 3.65. The summed E-state index contributed by atoms with van der Waals surface area (Å²) in [5.74, 6) is -3.40. The monoisotopic (exact) mass is 533 g/mol. The van der Waals surface area contributed by atoms with E-state index >= 15 is 0 Å². The van der Waals surface area contributed by atoms with Crippen LogP contribution in [0, 0.1) is 11.8 Å². The number of aliphatic carboxylic acids is 1. The number of carboxylic acid groups (broad SMARTS) is 1. The van der Waals surface area contributed by atoms with Crippen molar-refractivity contribution in [3.63, 3.8) is 0 Å². The van der Waals surface area contributed by atoms with Gasteiger partial charge in [0.2, 0.25) is 17.7 Å². The Bertz CT molecular complexity index is 951. The molecule has 0 aromatic heterocycles. The van der Waals surface area contributed by atoms with Gasteiger partial charge in [-0.25, -0.2) is 4.79 Å². The van der Waals surface area contributed by atoms with E-state index in [2.05, 4.69) is 20.9 Å². The highest BCUT2D eigenvalue weighted by molar-refractivity contribution is 5.94. The molecule has 1 aromatic rings. The molecule has 3 amide bonds. The zero-order chi connectivity index (χ0) is 28.8. The highest BCUT2D eigenvalue weighted by Gasteiger charge is 2.32. The molecule has 0 saturated heterocycles. The van der Waals surface area contributed by atoms with Crippen LogP contribution in [-0.4, -0.2) is 65.5 Å². The summed E-state index contributed by atoms with van der Waals surface area (Å²) in [6.07, 6.45) is 1.22. The minimum atomic E-state index is -1.22. The number of nitrogens with zero attached hydrogens (tertiary/aromatic N) is 1. The molecule has 0 heterocycles. The Labute approximate surface area is 224 Å². The number of hydrogen-bond acceptors (Lipinski definition) is 6. The Morgan fingerprint density at radius 1 is 0.921 bits per heavy atom. The van der Waals surface area contributed by atoms with E-state index in [-0.39, 0.29) is 37.2 Å². The van der Waals surface area contributed by atoms with Crippen LogP contribution in [0.5, 0.6) is 0 Å². The Kier molecular flexibility index (Phi) is 13.8. The van der Waals surface area contributed by atoms with Crippen molar-refractivity contribution in [3.05, 3.63) is 35.9 Å². The lowest BCUT2D eigenvalue weighted by Gasteiger charge is -2.28. The van der Waals surface area contributed by atoms with Crippen LogP contribution in [0.4, 0.5) is 0 Å². The van der Waals surface area contributed by atoms with Crippen molar-refractivity contribution in [2.45, 2.75) is 77.5 Å². The van der Waals surface area contributed by atoms with Crippen LogP contribution in [-0.2, 0) is 25.6 Å². The number of benzene rings is 1. The van der Waals surface area contributed by atoms with Crippen molar-refractivity contribution in [3.8, 4) is 0 Å². The van der Waals surface area contributed by atoms with E-state index < -0.39 is 47.9 Å². The minimum absolute atomic E-state index is 0.0811. The van der Waals surface area contributed by atoms with Gasteiger partial charge >= 0.3 is 5.97 Å².